The molecule has 0 atom stereocenters. The molecule has 0 bridgehead atoms. The Bertz CT molecular complexity index is 1310. The molecule has 2 aromatic heterocycles. The fourth-order valence-electron chi connectivity index (χ4n) is 3.66. The molecule has 31 heavy (non-hydrogen) atoms. The average Bonchev–Trinajstić information content (AvgIpc) is 3.41. The monoisotopic (exact) mass is 470 g/mol. The minimum Gasteiger partial charge on any atom is -0.345 e. The Morgan fingerprint density at radius 1 is 1.06 bits per heavy atom. The Labute approximate surface area is 190 Å². The molecular weight excluding hydrogens is 452 g/mol. The lowest BCUT2D eigenvalue weighted by Crippen LogP contribution is -2.48. The topological polar surface area (TPSA) is 79.6 Å². The standard InChI is InChI=1S/C21H18N4O3S3/c1-29-15-3-4-16-18(12-15)31-21(22-16)24-8-6-23(7-9-24)20(26)19-11-13-10-14(25(27)28)2-5-17(13)30-19/h2-5,10-12H,6-9H2,1H3. The number of hydrogen-bond donors (Lipinski definition) is 0. The van der Waals surface area contributed by atoms with Crippen molar-refractivity contribution in [2.24, 2.45) is 0 Å². The molecule has 1 aliphatic heterocycles. The number of anilines is 1. The van der Waals surface area contributed by atoms with Crippen molar-refractivity contribution < 1.29 is 9.72 Å². The summed E-state index contributed by atoms with van der Waals surface area (Å²) in [6, 6.07) is 12.8. The first-order chi connectivity index (χ1) is 15.0. The molecule has 4 aromatic rings. The number of nitro benzene ring substituents is 1. The van der Waals surface area contributed by atoms with E-state index in [0.29, 0.717) is 18.0 Å². The van der Waals surface area contributed by atoms with E-state index >= 15 is 0 Å². The summed E-state index contributed by atoms with van der Waals surface area (Å²) in [6.45, 7) is 2.72. The molecule has 0 unspecified atom stereocenters. The van der Waals surface area contributed by atoms with Crippen LogP contribution in [0, 0.1) is 10.1 Å². The maximum atomic E-state index is 13.0. The number of nitrogens with zero attached hydrogens (tertiary/aromatic N) is 4. The van der Waals surface area contributed by atoms with Crippen molar-refractivity contribution in [1.82, 2.24) is 9.88 Å². The number of nitro groups is 1. The van der Waals surface area contributed by atoms with Crippen molar-refractivity contribution in [1.29, 1.82) is 0 Å². The highest BCUT2D eigenvalue weighted by Gasteiger charge is 2.25. The van der Waals surface area contributed by atoms with Crippen LogP contribution in [0.3, 0.4) is 0 Å². The second-order valence-corrected chi connectivity index (χ2v) is 10.2. The van der Waals surface area contributed by atoms with Crippen molar-refractivity contribution in [2.45, 2.75) is 4.90 Å². The average molecular weight is 471 g/mol. The van der Waals surface area contributed by atoms with Gasteiger partial charge in [0, 0.05) is 53.3 Å². The van der Waals surface area contributed by atoms with Gasteiger partial charge in [0.15, 0.2) is 5.13 Å². The largest absolute Gasteiger partial charge is 0.345 e. The van der Waals surface area contributed by atoms with Gasteiger partial charge < -0.3 is 9.80 Å². The summed E-state index contributed by atoms with van der Waals surface area (Å²) in [6.07, 6.45) is 2.07. The van der Waals surface area contributed by atoms with Crippen LogP contribution in [0.25, 0.3) is 20.3 Å². The number of aromatic nitrogens is 1. The van der Waals surface area contributed by atoms with E-state index in [9.17, 15) is 14.9 Å². The van der Waals surface area contributed by atoms with Gasteiger partial charge in [-0.15, -0.1) is 23.1 Å². The predicted octanol–water partition coefficient (Wildman–Crippen LogP) is 5.10. The maximum Gasteiger partial charge on any atom is 0.270 e. The molecule has 1 fully saturated rings. The summed E-state index contributed by atoms with van der Waals surface area (Å²) >= 11 is 4.80. The minimum atomic E-state index is -0.415. The molecule has 0 radical (unpaired) electrons. The lowest BCUT2D eigenvalue weighted by atomic mass is 10.2. The molecule has 10 heteroatoms. The Kier molecular flexibility index (Phi) is 5.28. The van der Waals surface area contributed by atoms with Crippen LogP contribution in [0.2, 0.25) is 0 Å². The molecule has 0 N–H and O–H groups in total. The first-order valence-corrected chi connectivity index (χ1v) is 12.5. The normalized spacial score (nSPS) is 14.5. The molecule has 2 aromatic carbocycles. The van der Waals surface area contributed by atoms with Crippen molar-refractivity contribution in [3.63, 3.8) is 0 Å². The third kappa shape index (κ3) is 3.86. The zero-order valence-electron chi connectivity index (χ0n) is 16.6. The second kappa shape index (κ2) is 8.10. The second-order valence-electron chi connectivity index (χ2n) is 7.20. The van der Waals surface area contributed by atoms with E-state index in [1.165, 1.54) is 33.1 Å². The third-order valence-corrected chi connectivity index (χ3v) is 8.25. The molecule has 1 saturated heterocycles. The number of carbonyl (C=O) groups is 1. The first kappa shape index (κ1) is 20.2. The SMILES string of the molecule is CSc1ccc2nc(N3CCN(C(=O)c4cc5cc([N+](=O)[O-])ccc5s4)CC3)sc2c1. The molecule has 1 aliphatic rings. The number of thioether (sulfide) groups is 1. The number of amides is 1. The molecule has 3 heterocycles. The van der Waals surface area contributed by atoms with Gasteiger partial charge in [0.2, 0.25) is 0 Å². The maximum absolute atomic E-state index is 13.0. The summed E-state index contributed by atoms with van der Waals surface area (Å²) in [5, 5.41) is 12.7. The van der Waals surface area contributed by atoms with Crippen LogP contribution in [0.4, 0.5) is 10.8 Å². The lowest BCUT2D eigenvalue weighted by Gasteiger charge is -2.34. The minimum absolute atomic E-state index is 0.0163. The van der Waals surface area contributed by atoms with E-state index in [1.54, 1.807) is 35.2 Å². The number of rotatable bonds is 4. The summed E-state index contributed by atoms with van der Waals surface area (Å²) in [5.74, 6) is -0.0163. The van der Waals surface area contributed by atoms with Crippen LogP contribution in [0.5, 0.6) is 0 Å². The number of piperazine rings is 1. The van der Waals surface area contributed by atoms with Crippen LogP contribution in [-0.2, 0) is 0 Å². The van der Waals surface area contributed by atoms with Gasteiger partial charge >= 0.3 is 0 Å². The van der Waals surface area contributed by atoms with E-state index in [-0.39, 0.29) is 11.6 Å². The molecule has 0 saturated carbocycles. The highest BCUT2D eigenvalue weighted by molar-refractivity contribution is 7.98. The highest BCUT2D eigenvalue weighted by Crippen LogP contribution is 2.33. The van der Waals surface area contributed by atoms with Crippen LogP contribution >= 0.6 is 34.4 Å². The van der Waals surface area contributed by atoms with Gasteiger partial charge in [-0.2, -0.15) is 0 Å². The smallest absolute Gasteiger partial charge is 0.270 e. The predicted molar refractivity (Wildman–Crippen MR) is 128 cm³/mol. The van der Waals surface area contributed by atoms with Crippen molar-refractivity contribution >= 4 is 71.5 Å². The number of benzene rings is 2. The third-order valence-electron chi connectivity index (χ3n) is 5.34. The summed E-state index contributed by atoms with van der Waals surface area (Å²) in [4.78, 5) is 34.3. The zero-order chi connectivity index (χ0) is 21.5. The zero-order valence-corrected chi connectivity index (χ0v) is 19.1. The Morgan fingerprint density at radius 3 is 2.61 bits per heavy atom. The molecule has 0 spiro atoms. The summed E-state index contributed by atoms with van der Waals surface area (Å²) < 4.78 is 2.06. The number of non-ortho nitro benzene ring substituents is 1. The van der Waals surface area contributed by atoms with Crippen molar-refractivity contribution in [3.8, 4) is 0 Å². The number of fused-ring (bicyclic) bond motifs is 2. The van der Waals surface area contributed by atoms with Crippen molar-refractivity contribution in [3.05, 3.63) is 57.5 Å². The number of thiophene rings is 1. The summed E-state index contributed by atoms with van der Waals surface area (Å²) in [7, 11) is 0. The van der Waals surface area contributed by atoms with Gasteiger partial charge in [-0.05, 0) is 36.6 Å². The Morgan fingerprint density at radius 2 is 1.87 bits per heavy atom. The molecule has 0 aliphatic carbocycles. The summed E-state index contributed by atoms with van der Waals surface area (Å²) in [5.41, 5.74) is 1.05. The van der Waals surface area contributed by atoms with E-state index in [2.05, 4.69) is 29.4 Å². The van der Waals surface area contributed by atoms with Gasteiger partial charge in [-0.25, -0.2) is 4.98 Å². The van der Waals surface area contributed by atoms with Crippen LogP contribution in [0.1, 0.15) is 9.67 Å². The molecule has 5 rings (SSSR count). The van der Waals surface area contributed by atoms with E-state index in [4.69, 9.17) is 4.98 Å². The Balaban J connectivity index is 1.29. The van der Waals surface area contributed by atoms with E-state index in [1.807, 2.05) is 4.90 Å². The molecule has 7 nitrogen and oxygen atoms in total. The fourth-order valence-corrected chi connectivity index (χ4v) is 6.24. The Hall–Kier alpha value is -2.69. The van der Waals surface area contributed by atoms with Crippen LogP contribution in [0.15, 0.2) is 47.4 Å². The molecular formula is C21H18N4O3S3. The van der Waals surface area contributed by atoms with Gasteiger partial charge in [-0.1, -0.05) is 11.3 Å². The first-order valence-electron chi connectivity index (χ1n) is 9.68. The van der Waals surface area contributed by atoms with E-state index < -0.39 is 4.92 Å². The number of thiazole rings is 1. The van der Waals surface area contributed by atoms with Crippen LogP contribution in [-0.4, -0.2) is 53.1 Å². The van der Waals surface area contributed by atoms with Gasteiger partial charge in [-0.3, -0.25) is 14.9 Å². The van der Waals surface area contributed by atoms with Gasteiger partial charge in [0.25, 0.3) is 11.6 Å². The lowest BCUT2D eigenvalue weighted by molar-refractivity contribution is -0.384. The quantitative estimate of drug-likeness (QED) is 0.234. The van der Waals surface area contributed by atoms with Gasteiger partial charge in [0.05, 0.1) is 20.0 Å². The number of carbonyl (C=O) groups excluding carboxylic acids is 1. The fraction of sp³-hybridized carbons (Fsp3) is 0.238. The molecule has 158 valence electrons. The molecule has 1 amide bonds. The number of hydrogen-bond acceptors (Lipinski definition) is 8. The van der Waals surface area contributed by atoms with Crippen molar-refractivity contribution in [2.75, 3.05) is 37.3 Å². The van der Waals surface area contributed by atoms with Gasteiger partial charge in [0.1, 0.15) is 0 Å². The van der Waals surface area contributed by atoms with E-state index in [0.717, 1.165) is 33.8 Å². The highest BCUT2D eigenvalue weighted by atomic mass is 32.2. The van der Waals surface area contributed by atoms with Crippen LogP contribution < -0.4 is 4.90 Å².